The molecular weight excluding hydrogens is 378 g/mol. The number of carbonyl (C=O) groups excluding carboxylic acids is 2. The molecule has 2 amide bonds. The van der Waals surface area contributed by atoms with Crippen molar-refractivity contribution in [3.63, 3.8) is 0 Å². The summed E-state index contributed by atoms with van der Waals surface area (Å²) in [5, 5.41) is 16.3. The van der Waals surface area contributed by atoms with Gasteiger partial charge in [0.05, 0.1) is 18.7 Å². The van der Waals surface area contributed by atoms with Crippen LogP contribution in [0.2, 0.25) is 0 Å². The van der Waals surface area contributed by atoms with Crippen molar-refractivity contribution in [2.24, 2.45) is 11.8 Å². The van der Waals surface area contributed by atoms with Crippen molar-refractivity contribution in [3.8, 4) is 11.1 Å². The predicted molar refractivity (Wildman–Crippen MR) is 117 cm³/mol. The topological polar surface area (TPSA) is 81.7 Å². The fraction of sp³-hybridized carbons (Fsp3) is 0.417. The first-order chi connectivity index (χ1) is 14.5. The number of hydrogen-bond donors (Lipinski definition) is 3. The van der Waals surface area contributed by atoms with Gasteiger partial charge in [-0.05, 0) is 36.3 Å². The Kier molecular flexibility index (Phi) is 6.16. The van der Waals surface area contributed by atoms with E-state index in [0.717, 1.165) is 36.3 Å². The van der Waals surface area contributed by atoms with E-state index in [1.54, 1.807) is 0 Å². The molecule has 1 saturated carbocycles. The molecule has 0 unspecified atom stereocenters. The molecule has 30 heavy (non-hydrogen) atoms. The molecule has 158 valence electrons. The van der Waals surface area contributed by atoms with Crippen molar-refractivity contribution in [2.45, 2.75) is 31.9 Å². The third-order valence-electron chi connectivity index (χ3n) is 6.26. The molecule has 1 saturated heterocycles. The van der Waals surface area contributed by atoms with Crippen LogP contribution in [0.25, 0.3) is 11.1 Å². The summed E-state index contributed by atoms with van der Waals surface area (Å²) in [5.74, 6) is 0.629. The zero-order chi connectivity index (χ0) is 21.1. The molecule has 0 radical (unpaired) electrons. The largest absolute Gasteiger partial charge is 0.391 e. The molecule has 2 aromatic carbocycles. The van der Waals surface area contributed by atoms with E-state index in [2.05, 4.69) is 15.5 Å². The highest BCUT2D eigenvalue weighted by atomic mass is 16.3. The van der Waals surface area contributed by atoms with E-state index in [4.69, 9.17) is 0 Å². The van der Waals surface area contributed by atoms with Crippen LogP contribution in [0, 0.1) is 11.8 Å². The first-order valence-electron chi connectivity index (χ1n) is 10.6. The zero-order valence-electron chi connectivity index (χ0n) is 17.3. The Bertz CT molecular complexity index is 902. The van der Waals surface area contributed by atoms with E-state index in [9.17, 15) is 14.7 Å². The highest BCUT2D eigenvalue weighted by Crippen LogP contribution is 2.36. The van der Waals surface area contributed by atoms with Gasteiger partial charge in [0.15, 0.2) is 0 Å². The number of likely N-dealkylation sites (tertiary alicyclic amines) is 1. The van der Waals surface area contributed by atoms with Crippen molar-refractivity contribution >= 4 is 17.5 Å². The molecule has 0 spiro atoms. The lowest BCUT2D eigenvalue weighted by Crippen LogP contribution is -2.48. The number of para-hydroxylation sites is 1. The van der Waals surface area contributed by atoms with Gasteiger partial charge in [-0.25, -0.2) is 0 Å². The average Bonchev–Trinajstić information content (AvgIpc) is 3.09. The van der Waals surface area contributed by atoms with Crippen LogP contribution < -0.4 is 10.6 Å². The van der Waals surface area contributed by atoms with Gasteiger partial charge in [-0.15, -0.1) is 0 Å². The Morgan fingerprint density at radius 3 is 2.40 bits per heavy atom. The molecule has 3 N–H and O–H groups in total. The summed E-state index contributed by atoms with van der Waals surface area (Å²) >= 11 is 0. The summed E-state index contributed by atoms with van der Waals surface area (Å²) in [7, 11) is 0. The first kappa shape index (κ1) is 20.6. The number of anilines is 1. The van der Waals surface area contributed by atoms with Crippen molar-refractivity contribution in [1.82, 2.24) is 10.2 Å². The van der Waals surface area contributed by atoms with E-state index < -0.39 is 6.10 Å². The summed E-state index contributed by atoms with van der Waals surface area (Å²) in [6.07, 6.45) is 0.923. The number of rotatable bonds is 5. The van der Waals surface area contributed by atoms with Crippen LogP contribution in [-0.4, -0.2) is 53.6 Å². The van der Waals surface area contributed by atoms with Crippen LogP contribution in [0.1, 0.15) is 19.8 Å². The summed E-state index contributed by atoms with van der Waals surface area (Å²) in [4.78, 5) is 26.3. The number of aliphatic hydroxyl groups excluding tert-OH is 1. The van der Waals surface area contributed by atoms with E-state index >= 15 is 0 Å². The fourth-order valence-electron chi connectivity index (χ4n) is 4.93. The van der Waals surface area contributed by atoms with Crippen LogP contribution in [0.3, 0.4) is 0 Å². The Balaban J connectivity index is 1.37. The SMILES string of the molecule is CC(=O)N[C@@H]1C[C@@H]2CN(CC(=O)Nc3ccccc3-c3ccccc3)C[C@@H]2C[C@H]1O. The molecule has 0 aromatic heterocycles. The molecule has 2 aliphatic rings. The van der Waals surface area contributed by atoms with Crippen molar-refractivity contribution < 1.29 is 14.7 Å². The van der Waals surface area contributed by atoms with E-state index in [1.165, 1.54) is 6.92 Å². The maximum absolute atomic E-state index is 12.8. The van der Waals surface area contributed by atoms with E-state index in [-0.39, 0.29) is 17.9 Å². The number of nitrogens with one attached hydrogen (secondary N) is 2. The van der Waals surface area contributed by atoms with Gasteiger partial charge in [0.1, 0.15) is 0 Å². The van der Waals surface area contributed by atoms with Gasteiger partial charge in [0, 0.05) is 31.3 Å². The second-order valence-corrected chi connectivity index (χ2v) is 8.52. The Morgan fingerprint density at radius 1 is 1.00 bits per heavy atom. The lowest BCUT2D eigenvalue weighted by atomic mass is 9.77. The van der Waals surface area contributed by atoms with Crippen LogP contribution in [0.4, 0.5) is 5.69 Å². The van der Waals surface area contributed by atoms with E-state index in [0.29, 0.717) is 24.8 Å². The van der Waals surface area contributed by atoms with Gasteiger partial charge < -0.3 is 15.7 Å². The minimum Gasteiger partial charge on any atom is -0.391 e. The number of amides is 2. The summed E-state index contributed by atoms with van der Waals surface area (Å²) in [6.45, 7) is 3.44. The quantitative estimate of drug-likeness (QED) is 0.711. The maximum atomic E-state index is 12.8. The summed E-state index contributed by atoms with van der Waals surface area (Å²) in [5.41, 5.74) is 2.88. The van der Waals surface area contributed by atoms with E-state index in [1.807, 2.05) is 54.6 Å². The van der Waals surface area contributed by atoms with Crippen LogP contribution in [-0.2, 0) is 9.59 Å². The molecular formula is C24H29N3O3. The maximum Gasteiger partial charge on any atom is 0.238 e. The Hall–Kier alpha value is -2.70. The highest BCUT2D eigenvalue weighted by molar-refractivity contribution is 5.96. The fourth-order valence-corrected chi connectivity index (χ4v) is 4.93. The van der Waals surface area contributed by atoms with Gasteiger partial charge in [0.2, 0.25) is 11.8 Å². The Morgan fingerprint density at radius 2 is 1.67 bits per heavy atom. The highest BCUT2D eigenvalue weighted by Gasteiger charge is 2.42. The number of hydrogen-bond acceptors (Lipinski definition) is 4. The molecule has 1 aliphatic carbocycles. The number of benzene rings is 2. The van der Waals surface area contributed by atoms with Crippen LogP contribution >= 0.6 is 0 Å². The molecule has 1 aliphatic heterocycles. The Labute approximate surface area is 177 Å². The molecule has 0 bridgehead atoms. The summed E-state index contributed by atoms with van der Waals surface area (Å²) in [6, 6.07) is 17.7. The van der Waals surface area contributed by atoms with Gasteiger partial charge in [-0.1, -0.05) is 48.5 Å². The zero-order valence-corrected chi connectivity index (χ0v) is 17.3. The van der Waals surface area contributed by atoms with Gasteiger partial charge in [-0.3, -0.25) is 14.5 Å². The number of fused-ring (bicyclic) bond motifs is 1. The smallest absolute Gasteiger partial charge is 0.238 e. The molecule has 4 atom stereocenters. The third kappa shape index (κ3) is 4.71. The first-order valence-corrected chi connectivity index (χ1v) is 10.6. The lowest BCUT2D eigenvalue weighted by Gasteiger charge is -2.35. The lowest BCUT2D eigenvalue weighted by molar-refractivity contribution is -0.121. The monoisotopic (exact) mass is 407 g/mol. The minimum atomic E-state index is -0.512. The van der Waals surface area contributed by atoms with Gasteiger partial charge >= 0.3 is 0 Å². The summed E-state index contributed by atoms with van der Waals surface area (Å²) < 4.78 is 0. The minimum absolute atomic E-state index is 0.0315. The second-order valence-electron chi connectivity index (χ2n) is 8.52. The normalized spacial score (nSPS) is 26.1. The van der Waals surface area contributed by atoms with Crippen molar-refractivity contribution in [1.29, 1.82) is 0 Å². The van der Waals surface area contributed by atoms with Gasteiger partial charge in [-0.2, -0.15) is 0 Å². The number of aliphatic hydroxyl groups is 1. The van der Waals surface area contributed by atoms with Crippen molar-refractivity contribution in [2.75, 3.05) is 25.0 Å². The molecule has 1 heterocycles. The van der Waals surface area contributed by atoms with Crippen molar-refractivity contribution in [3.05, 3.63) is 54.6 Å². The van der Waals surface area contributed by atoms with Crippen LogP contribution in [0.5, 0.6) is 0 Å². The molecule has 2 fully saturated rings. The molecule has 6 nitrogen and oxygen atoms in total. The molecule has 4 rings (SSSR count). The second kappa shape index (κ2) is 8.98. The average molecular weight is 408 g/mol. The van der Waals surface area contributed by atoms with Gasteiger partial charge in [0.25, 0.3) is 0 Å². The molecule has 6 heteroatoms. The number of carbonyl (C=O) groups is 2. The predicted octanol–water partition coefficient (Wildman–Crippen LogP) is 2.50. The molecule has 2 aromatic rings. The van der Waals surface area contributed by atoms with Crippen LogP contribution in [0.15, 0.2) is 54.6 Å². The number of nitrogens with zero attached hydrogens (tertiary/aromatic N) is 1. The standard InChI is InChI=1S/C24H29N3O3/c1-16(28)25-22-11-18-13-27(14-19(18)12-23(22)29)15-24(30)26-21-10-6-5-9-20(21)17-7-3-2-4-8-17/h2-10,18-19,22-23,29H,11-15H2,1H3,(H,25,28)(H,26,30)/t18-,19+,22-,23-/m1/s1. The third-order valence-corrected chi connectivity index (χ3v) is 6.26.